The number of para-hydroxylation sites is 4. The van der Waals surface area contributed by atoms with Gasteiger partial charge < -0.3 is 50.3 Å². The molecule has 2 aliphatic heterocycles. The van der Waals surface area contributed by atoms with E-state index in [0.29, 0.717) is 22.1 Å². The molecule has 10 atom stereocenters. The molecule has 2 unspecified atom stereocenters. The first-order valence-electron chi connectivity index (χ1n) is 25.1. The van der Waals surface area contributed by atoms with E-state index >= 15 is 9.59 Å². The van der Waals surface area contributed by atoms with Crippen molar-refractivity contribution in [3.05, 3.63) is 72.3 Å². The molecule has 418 valence electrons. The van der Waals surface area contributed by atoms with Gasteiger partial charge in [0.05, 0.1) is 40.7 Å². The third-order valence-corrected chi connectivity index (χ3v) is 17.7. The van der Waals surface area contributed by atoms with Gasteiger partial charge in [-0.15, -0.1) is 11.8 Å². The van der Waals surface area contributed by atoms with E-state index in [2.05, 4.69) is 41.2 Å². The maximum absolute atomic E-state index is 15.4. The van der Waals surface area contributed by atoms with Crippen LogP contribution in [0.5, 0.6) is 0 Å². The minimum Gasteiger partial charge on any atom is -0.461 e. The number of hydrogen-bond donors (Lipinski definition) is 4. The van der Waals surface area contributed by atoms with Crippen molar-refractivity contribution in [2.45, 2.75) is 94.5 Å². The quantitative estimate of drug-likeness (QED) is 0.141. The Hall–Kier alpha value is -7.48. The van der Waals surface area contributed by atoms with Crippen LogP contribution >= 0.6 is 11.8 Å². The number of rotatable bonds is 7. The van der Waals surface area contributed by atoms with Crippen LogP contribution in [0.15, 0.2) is 60.9 Å². The van der Waals surface area contributed by atoms with Gasteiger partial charge in [0.15, 0.2) is 16.7 Å². The van der Waals surface area contributed by atoms with Gasteiger partial charge in [0.2, 0.25) is 23.6 Å². The highest BCUT2D eigenvalue weighted by Gasteiger charge is 2.50. The predicted molar refractivity (Wildman–Crippen MR) is 290 cm³/mol. The molecule has 0 aliphatic carbocycles. The second-order valence-electron chi connectivity index (χ2n) is 19.9. The largest absolute Gasteiger partial charge is 0.461 e. The molecule has 4 N–H and O–H groups in total. The number of thioether (sulfide) groups is 1. The first-order valence-corrected chi connectivity index (χ1v) is 28.2. The molecular formula is C52H67N12O12S2+. The second kappa shape index (κ2) is 25.8. The topological polar surface area (TPSA) is 302 Å². The van der Waals surface area contributed by atoms with Gasteiger partial charge >= 0.3 is 11.9 Å². The zero-order valence-electron chi connectivity index (χ0n) is 45.5. The van der Waals surface area contributed by atoms with Crippen LogP contribution in [0.1, 0.15) is 62.5 Å². The summed E-state index contributed by atoms with van der Waals surface area (Å²) in [5.74, 6) is -10.2. The summed E-state index contributed by atoms with van der Waals surface area (Å²) in [6.07, 6.45) is 5.86. The lowest BCUT2D eigenvalue weighted by Crippen LogP contribution is -2.62. The van der Waals surface area contributed by atoms with Crippen molar-refractivity contribution in [2.75, 3.05) is 59.7 Å². The molecule has 0 spiro atoms. The molecule has 4 heterocycles. The standard InChI is InChI=1S/C52H66N12O12S2/c1-26(2)39-50(73)75-23-37(60-43(66)35-22-54-31-18-14-16-20-33(31)58-35)45(68)56-29(6)47(70)64(10)41-49(72)63(9)40(27(3)4)51(74)76-24-36(59-42(65)34-21-53-30-17-13-15-19-32(30)57-34)44(67)55-28(5)46(69)61(7)38(48(71)62(39)8)25-78(12)52(41)77-11/h13-22,26-29,36-41,52H,23-25H2,1-12H3,(H3-,55,56,59,60,65,66,67,68)/p+1/t28-,29-,36-,37-,38-,39-,40-,41+,52?,78?/m0/s1. The normalized spacial score (nSPS) is 26.2. The van der Waals surface area contributed by atoms with E-state index in [-0.39, 0.29) is 17.1 Å². The highest BCUT2D eigenvalue weighted by molar-refractivity contribution is 8.15. The van der Waals surface area contributed by atoms with Gasteiger partial charge in [0.1, 0.15) is 66.6 Å². The number of fused-ring (bicyclic) bond motifs is 6. The van der Waals surface area contributed by atoms with E-state index in [1.807, 2.05) is 0 Å². The number of aromatic nitrogens is 4. The van der Waals surface area contributed by atoms with E-state index in [0.717, 1.165) is 19.6 Å². The zero-order valence-corrected chi connectivity index (χ0v) is 47.2. The number of nitrogens with zero attached hydrogens (tertiary/aromatic N) is 8. The van der Waals surface area contributed by atoms with E-state index in [1.54, 1.807) is 88.7 Å². The van der Waals surface area contributed by atoms with Crippen molar-refractivity contribution in [1.82, 2.24) is 60.8 Å². The van der Waals surface area contributed by atoms with Crippen LogP contribution in [0.3, 0.4) is 0 Å². The second-order valence-corrected chi connectivity index (χ2v) is 23.4. The van der Waals surface area contributed by atoms with Crippen molar-refractivity contribution in [3.8, 4) is 0 Å². The van der Waals surface area contributed by atoms with Gasteiger partial charge in [-0.3, -0.25) is 48.3 Å². The number of carbonyl (C=O) groups excluding carboxylic acids is 10. The molecule has 24 nitrogen and oxygen atoms in total. The number of carbonyl (C=O) groups is 10. The van der Waals surface area contributed by atoms with Gasteiger partial charge in [-0.05, 0) is 56.2 Å². The molecule has 78 heavy (non-hydrogen) atoms. The average molecular weight is 1120 g/mol. The summed E-state index contributed by atoms with van der Waals surface area (Å²) in [5, 5.41) is 10.3. The van der Waals surface area contributed by atoms with E-state index in [9.17, 15) is 38.4 Å². The summed E-state index contributed by atoms with van der Waals surface area (Å²) in [4.78, 5) is 167. The van der Waals surface area contributed by atoms with Gasteiger partial charge in [-0.2, -0.15) is 0 Å². The monoisotopic (exact) mass is 1120 g/mol. The number of amides is 8. The van der Waals surface area contributed by atoms with Crippen molar-refractivity contribution < 1.29 is 57.4 Å². The summed E-state index contributed by atoms with van der Waals surface area (Å²) in [6.45, 7) is 7.76. The minimum atomic E-state index is -1.66. The Morgan fingerprint density at radius 3 is 1.42 bits per heavy atom. The maximum Gasteiger partial charge on any atom is 0.329 e. The molecule has 2 saturated heterocycles. The fraction of sp³-hybridized carbons (Fsp3) is 0.500. The van der Waals surface area contributed by atoms with Gasteiger partial charge in [-0.1, -0.05) is 52.0 Å². The SMILES string of the molecule is CSC1[C@H]2C(=O)N(C)[C@@H](C(C)C)C(=O)OC[C@H](NC(=O)c3cnc4ccccc4n3)C(=O)N[C@@H](C)C(=O)N(C)[C@@H](C[S+]1C)C(=O)N(C)[C@@H](C(C)C)C(=O)OC[C@H](NC(=O)c1cnc3ccccc3n1)C(=O)N[C@@H](C)C(=O)N2C. The Morgan fingerprint density at radius 2 is 1.01 bits per heavy atom. The van der Waals surface area contributed by atoms with Crippen LogP contribution in [0, 0.1) is 11.8 Å². The van der Waals surface area contributed by atoms with E-state index < -0.39 is 148 Å². The van der Waals surface area contributed by atoms with Crippen molar-refractivity contribution in [1.29, 1.82) is 0 Å². The number of ether oxygens (including phenoxy) is 2. The lowest BCUT2D eigenvalue weighted by molar-refractivity contribution is -0.160. The van der Waals surface area contributed by atoms with Crippen molar-refractivity contribution >= 4 is 104 Å². The average Bonchev–Trinajstić information content (AvgIpc) is 3.42. The highest BCUT2D eigenvalue weighted by Crippen LogP contribution is 2.29. The van der Waals surface area contributed by atoms with Crippen molar-refractivity contribution in [3.63, 3.8) is 0 Å². The molecule has 0 saturated carbocycles. The Morgan fingerprint density at radius 1 is 0.615 bits per heavy atom. The molecule has 4 aromatic rings. The van der Waals surface area contributed by atoms with E-state index in [4.69, 9.17) is 9.47 Å². The first kappa shape index (κ1) is 59.8. The molecule has 2 aliphatic rings. The predicted octanol–water partition coefficient (Wildman–Crippen LogP) is 0.150. The fourth-order valence-corrected chi connectivity index (χ4v) is 13.2. The Balaban J connectivity index is 1.45. The van der Waals surface area contributed by atoms with Crippen LogP contribution in [0.2, 0.25) is 0 Å². The van der Waals surface area contributed by atoms with Crippen LogP contribution in [0.25, 0.3) is 22.1 Å². The molecule has 2 bridgehead atoms. The zero-order chi connectivity index (χ0) is 57.4. The smallest absolute Gasteiger partial charge is 0.329 e. The Labute approximate surface area is 458 Å². The minimum absolute atomic E-state index is 0.161. The number of nitrogens with one attached hydrogen (secondary N) is 4. The molecule has 26 heteroatoms. The summed E-state index contributed by atoms with van der Waals surface area (Å²) in [6, 6.07) is 1.88. The van der Waals surface area contributed by atoms with Gasteiger partial charge in [0.25, 0.3) is 23.6 Å². The Kier molecular flexibility index (Phi) is 19.8. The van der Waals surface area contributed by atoms with Crippen molar-refractivity contribution in [2.24, 2.45) is 11.8 Å². The lowest BCUT2D eigenvalue weighted by atomic mass is 10.0. The Bertz CT molecular complexity index is 2970. The highest BCUT2D eigenvalue weighted by atomic mass is 32.2. The van der Waals surface area contributed by atoms with Gasteiger partial charge in [0, 0.05) is 39.1 Å². The summed E-state index contributed by atoms with van der Waals surface area (Å²) in [7, 11) is 4.27. The van der Waals surface area contributed by atoms with Crippen LogP contribution in [-0.2, 0) is 58.7 Å². The molecule has 2 aromatic heterocycles. The number of benzene rings is 2. The third-order valence-electron chi connectivity index (χ3n) is 13.6. The van der Waals surface area contributed by atoms with Crippen LogP contribution < -0.4 is 21.3 Å². The molecule has 2 fully saturated rings. The molecule has 6 rings (SSSR count). The molecule has 0 radical (unpaired) electrons. The molecule has 8 amide bonds. The number of hydrogen-bond acceptors (Lipinski definition) is 17. The summed E-state index contributed by atoms with van der Waals surface area (Å²) < 4.78 is 10.6. The van der Waals surface area contributed by atoms with Crippen LogP contribution in [0.4, 0.5) is 0 Å². The third kappa shape index (κ3) is 13.4. The van der Waals surface area contributed by atoms with Gasteiger partial charge in [-0.25, -0.2) is 19.6 Å². The van der Waals surface area contributed by atoms with E-state index in [1.165, 1.54) is 66.2 Å². The number of likely N-dealkylation sites (N-methyl/N-ethyl adjacent to an activating group) is 4. The summed E-state index contributed by atoms with van der Waals surface area (Å²) in [5.41, 5.74) is 1.39. The first-order chi connectivity index (χ1) is 36.9. The maximum atomic E-state index is 15.4. The molecular weight excluding hydrogens is 1050 g/mol. The van der Waals surface area contributed by atoms with Crippen LogP contribution in [-0.4, -0.2) is 211 Å². The fourth-order valence-electron chi connectivity index (χ4n) is 9.26. The molecule has 2 aromatic carbocycles. The summed E-state index contributed by atoms with van der Waals surface area (Å²) >= 11 is 1.19. The number of esters is 2. The number of cyclic esters (lactones) is 2. The lowest BCUT2D eigenvalue weighted by Gasteiger charge is -2.39.